The second-order valence-corrected chi connectivity index (χ2v) is 8.92. The van der Waals surface area contributed by atoms with Crippen LogP contribution in [0, 0.1) is 0 Å². The standard InChI is InChI=1S/C17H26BrN3O3S/c18-9-4-8-17(22)19-10-5-15-25(23,24)21-13-11-20(12-14-21)16-6-2-1-3-7-16/h1-3,6-7H,4-5,8-15H2,(H,19,22). The maximum Gasteiger partial charge on any atom is 0.220 e. The van der Waals surface area contributed by atoms with Gasteiger partial charge in [-0.1, -0.05) is 34.1 Å². The monoisotopic (exact) mass is 431 g/mol. The highest BCUT2D eigenvalue weighted by Gasteiger charge is 2.26. The average Bonchev–Trinajstić information content (AvgIpc) is 2.64. The molecule has 25 heavy (non-hydrogen) atoms. The molecule has 1 amide bonds. The van der Waals surface area contributed by atoms with Gasteiger partial charge in [0.25, 0.3) is 0 Å². The number of carbonyl (C=O) groups is 1. The molecule has 1 aliphatic heterocycles. The molecule has 0 spiro atoms. The first-order valence-electron chi connectivity index (χ1n) is 8.63. The Balaban J connectivity index is 1.71. The third-order valence-corrected chi connectivity index (χ3v) is 6.71. The van der Waals surface area contributed by atoms with Gasteiger partial charge < -0.3 is 10.2 Å². The molecule has 1 aromatic rings. The second kappa shape index (κ2) is 10.1. The van der Waals surface area contributed by atoms with Crippen LogP contribution in [-0.2, 0) is 14.8 Å². The fourth-order valence-corrected chi connectivity index (χ4v) is 4.56. The number of nitrogens with one attached hydrogen (secondary N) is 1. The molecule has 1 aliphatic rings. The van der Waals surface area contributed by atoms with Crippen molar-refractivity contribution in [2.24, 2.45) is 0 Å². The Bertz CT molecular complexity index is 632. The molecule has 1 saturated heterocycles. The zero-order valence-corrected chi connectivity index (χ0v) is 16.8. The number of piperazine rings is 1. The van der Waals surface area contributed by atoms with E-state index < -0.39 is 10.0 Å². The molecule has 0 aromatic heterocycles. The topological polar surface area (TPSA) is 69.7 Å². The first-order valence-corrected chi connectivity index (χ1v) is 11.4. The van der Waals surface area contributed by atoms with Crippen molar-refractivity contribution >= 4 is 37.5 Å². The van der Waals surface area contributed by atoms with Gasteiger partial charge in [0.05, 0.1) is 5.75 Å². The molecule has 1 heterocycles. The maximum atomic E-state index is 12.4. The number of sulfonamides is 1. The maximum absolute atomic E-state index is 12.4. The highest BCUT2D eigenvalue weighted by atomic mass is 79.9. The quantitative estimate of drug-likeness (QED) is 0.478. The van der Waals surface area contributed by atoms with Crippen molar-refractivity contribution in [3.63, 3.8) is 0 Å². The van der Waals surface area contributed by atoms with Gasteiger partial charge in [0, 0.05) is 50.2 Å². The van der Waals surface area contributed by atoms with E-state index in [1.807, 2.05) is 30.3 Å². The summed E-state index contributed by atoms with van der Waals surface area (Å²) in [5, 5.41) is 3.57. The van der Waals surface area contributed by atoms with Gasteiger partial charge in [-0.25, -0.2) is 8.42 Å². The Morgan fingerprint density at radius 1 is 1.08 bits per heavy atom. The number of benzene rings is 1. The van der Waals surface area contributed by atoms with Crippen molar-refractivity contribution < 1.29 is 13.2 Å². The lowest BCUT2D eigenvalue weighted by atomic mass is 10.2. The van der Waals surface area contributed by atoms with Crippen molar-refractivity contribution in [1.82, 2.24) is 9.62 Å². The van der Waals surface area contributed by atoms with Crippen molar-refractivity contribution in [3.05, 3.63) is 30.3 Å². The first-order chi connectivity index (χ1) is 12.0. The summed E-state index contributed by atoms with van der Waals surface area (Å²) in [7, 11) is -3.26. The summed E-state index contributed by atoms with van der Waals surface area (Å²) < 4.78 is 26.4. The van der Waals surface area contributed by atoms with E-state index in [9.17, 15) is 13.2 Å². The third-order valence-electron chi connectivity index (χ3n) is 4.19. The summed E-state index contributed by atoms with van der Waals surface area (Å²) in [6.07, 6.45) is 1.70. The molecule has 6 nitrogen and oxygen atoms in total. The number of hydrogen-bond acceptors (Lipinski definition) is 4. The van der Waals surface area contributed by atoms with Crippen LogP contribution in [0.25, 0.3) is 0 Å². The van der Waals surface area contributed by atoms with Crippen molar-refractivity contribution in [2.45, 2.75) is 19.3 Å². The van der Waals surface area contributed by atoms with Gasteiger partial charge >= 0.3 is 0 Å². The first kappa shape index (κ1) is 20.2. The molecule has 1 aromatic carbocycles. The number of hydrogen-bond donors (Lipinski definition) is 1. The average molecular weight is 432 g/mol. The molecule has 140 valence electrons. The fourth-order valence-electron chi connectivity index (χ4n) is 2.79. The van der Waals surface area contributed by atoms with E-state index >= 15 is 0 Å². The molecular formula is C17H26BrN3O3S. The van der Waals surface area contributed by atoms with Gasteiger partial charge in [-0.2, -0.15) is 4.31 Å². The van der Waals surface area contributed by atoms with Crippen LogP contribution in [-0.4, -0.2) is 62.4 Å². The van der Waals surface area contributed by atoms with E-state index in [2.05, 4.69) is 26.1 Å². The van der Waals surface area contributed by atoms with E-state index in [1.54, 1.807) is 4.31 Å². The normalized spacial score (nSPS) is 16.0. The lowest BCUT2D eigenvalue weighted by Crippen LogP contribution is -2.49. The molecule has 0 radical (unpaired) electrons. The highest BCUT2D eigenvalue weighted by molar-refractivity contribution is 9.09. The lowest BCUT2D eigenvalue weighted by molar-refractivity contribution is -0.121. The summed E-state index contributed by atoms with van der Waals surface area (Å²) in [5.74, 6) is 0.0603. The zero-order chi connectivity index (χ0) is 18.1. The number of nitrogens with zero attached hydrogens (tertiary/aromatic N) is 2. The van der Waals surface area contributed by atoms with Gasteiger partial charge in [0.1, 0.15) is 0 Å². The van der Waals surface area contributed by atoms with E-state index in [-0.39, 0.29) is 11.7 Å². The molecule has 1 N–H and O–H groups in total. The summed E-state index contributed by atoms with van der Waals surface area (Å²) in [6, 6.07) is 10.0. The number of amides is 1. The van der Waals surface area contributed by atoms with Crippen LogP contribution >= 0.6 is 15.9 Å². The summed E-state index contributed by atoms with van der Waals surface area (Å²) in [6.45, 7) is 2.83. The van der Waals surface area contributed by atoms with E-state index in [4.69, 9.17) is 0 Å². The predicted molar refractivity (Wildman–Crippen MR) is 105 cm³/mol. The van der Waals surface area contributed by atoms with Crippen LogP contribution in [0.2, 0.25) is 0 Å². The molecule has 0 aliphatic carbocycles. The molecule has 0 bridgehead atoms. The van der Waals surface area contributed by atoms with Crippen LogP contribution in [0.15, 0.2) is 30.3 Å². The fraction of sp³-hybridized carbons (Fsp3) is 0.588. The molecule has 2 rings (SSSR count). The zero-order valence-electron chi connectivity index (χ0n) is 14.4. The Hall–Kier alpha value is -1.12. The largest absolute Gasteiger partial charge is 0.369 e. The van der Waals surface area contributed by atoms with E-state index in [1.165, 1.54) is 0 Å². The van der Waals surface area contributed by atoms with Crippen LogP contribution in [0.3, 0.4) is 0 Å². The Kier molecular flexibility index (Phi) is 8.18. The van der Waals surface area contributed by atoms with Crippen LogP contribution in [0.5, 0.6) is 0 Å². The van der Waals surface area contributed by atoms with E-state index in [0.29, 0.717) is 45.6 Å². The van der Waals surface area contributed by atoms with Gasteiger partial charge in [-0.3, -0.25) is 4.79 Å². The van der Waals surface area contributed by atoms with Crippen molar-refractivity contribution in [3.8, 4) is 0 Å². The minimum absolute atomic E-state index is 0.0201. The Labute approximate surface area is 158 Å². The van der Waals surface area contributed by atoms with Gasteiger partial charge in [0.15, 0.2) is 0 Å². The number of anilines is 1. The summed E-state index contributed by atoms with van der Waals surface area (Å²) in [5.41, 5.74) is 1.13. The molecule has 0 unspecified atom stereocenters. The second-order valence-electron chi connectivity index (χ2n) is 6.03. The third kappa shape index (κ3) is 6.60. The SMILES string of the molecule is O=C(CCCBr)NCCCS(=O)(=O)N1CCN(c2ccccc2)CC1. The number of carbonyl (C=O) groups excluding carboxylic acids is 1. The molecule has 0 atom stereocenters. The van der Waals surface area contributed by atoms with Crippen LogP contribution in [0.4, 0.5) is 5.69 Å². The van der Waals surface area contributed by atoms with Gasteiger partial charge in [-0.15, -0.1) is 0 Å². The minimum Gasteiger partial charge on any atom is -0.369 e. The lowest BCUT2D eigenvalue weighted by Gasteiger charge is -2.35. The molecule has 8 heteroatoms. The molecular weight excluding hydrogens is 406 g/mol. The smallest absolute Gasteiger partial charge is 0.220 e. The van der Waals surface area contributed by atoms with Crippen molar-refractivity contribution in [2.75, 3.05) is 48.7 Å². The summed E-state index contributed by atoms with van der Waals surface area (Å²) in [4.78, 5) is 13.7. The number of alkyl halides is 1. The highest BCUT2D eigenvalue weighted by Crippen LogP contribution is 2.17. The van der Waals surface area contributed by atoms with Crippen LogP contribution in [0.1, 0.15) is 19.3 Å². The Morgan fingerprint density at radius 3 is 2.40 bits per heavy atom. The molecule has 1 fully saturated rings. The minimum atomic E-state index is -3.26. The van der Waals surface area contributed by atoms with E-state index in [0.717, 1.165) is 17.4 Å². The van der Waals surface area contributed by atoms with Crippen LogP contribution < -0.4 is 10.2 Å². The van der Waals surface area contributed by atoms with Crippen molar-refractivity contribution in [1.29, 1.82) is 0 Å². The number of rotatable bonds is 9. The molecule has 0 saturated carbocycles. The van der Waals surface area contributed by atoms with Gasteiger partial charge in [-0.05, 0) is 25.0 Å². The number of para-hydroxylation sites is 1. The summed E-state index contributed by atoms with van der Waals surface area (Å²) >= 11 is 3.28. The number of halogens is 1. The predicted octanol–water partition coefficient (Wildman–Crippen LogP) is 1.82. The van der Waals surface area contributed by atoms with Gasteiger partial charge in [0.2, 0.25) is 15.9 Å². The Morgan fingerprint density at radius 2 is 1.76 bits per heavy atom.